The molecule has 0 saturated heterocycles. The maximum Gasteiger partial charge on any atom is 0.265 e. The number of amides is 1. The summed E-state index contributed by atoms with van der Waals surface area (Å²) in [6.45, 7) is 12.1. The van der Waals surface area contributed by atoms with Crippen LogP contribution in [0.25, 0.3) is 11.1 Å². The lowest BCUT2D eigenvalue weighted by Crippen LogP contribution is -2.32. The topological polar surface area (TPSA) is 75.4 Å². The number of phenolic OH excluding ortho intramolecular Hbond substituents is 1. The van der Waals surface area contributed by atoms with Gasteiger partial charge in [-0.25, -0.2) is 5.84 Å². The van der Waals surface area contributed by atoms with Crippen LogP contribution in [0.3, 0.4) is 0 Å². The molecule has 2 rings (SSSR count). The van der Waals surface area contributed by atoms with Crippen LogP contribution in [0.4, 0.5) is 0 Å². The van der Waals surface area contributed by atoms with Gasteiger partial charge in [-0.15, -0.1) is 0 Å². The Morgan fingerprint density at radius 1 is 1.00 bits per heavy atom. The van der Waals surface area contributed by atoms with Gasteiger partial charge in [0.25, 0.3) is 5.91 Å². The number of nitrogens with two attached hydrogens (primary N) is 1. The Morgan fingerprint density at radius 2 is 1.56 bits per heavy atom. The highest BCUT2D eigenvalue weighted by atomic mass is 16.3. The van der Waals surface area contributed by atoms with Crippen LogP contribution >= 0.6 is 0 Å². The number of nitrogen functional groups attached to an aromatic ring is 1. The molecule has 0 atom stereocenters. The molecule has 25 heavy (non-hydrogen) atoms. The first kappa shape index (κ1) is 19.0. The molecule has 4 heteroatoms. The van der Waals surface area contributed by atoms with E-state index in [-0.39, 0.29) is 22.5 Å². The zero-order valence-corrected chi connectivity index (χ0v) is 15.9. The number of benzene rings is 2. The summed E-state index contributed by atoms with van der Waals surface area (Å²) in [5, 5.41) is 11.1. The first-order chi connectivity index (χ1) is 11.5. The van der Waals surface area contributed by atoms with E-state index in [4.69, 9.17) is 5.84 Å². The average molecular weight is 340 g/mol. The number of hydrogen-bond acceptors (Lipinski definition) is 3. The normalized spacial score (nSPS) is 12.1. The zero-order valence-electron chi connectivity index (χ0n) is 15.9. The quantitative estimate of drug-likeness (QED) is 0.434. The van der Waals surface area contributed by atoms with E-state index in [1.165, 1.54) is 0 Å². The van der Waals surface area contributed by atoms with Crippen LogP contribution in [0.1, 0.15) is 63.0 Å². The molecule has 134 valence electrons. The van der Waals surface area contributed by atoms with Gasteiger partial charge in [0.15, 0.2) is 0 Å². The predicted octanol–water partition coefficient (Wildman–Crippen LogP) is 4.26. The fraction of sp³-hybridized carbons (Fsp3) is 0.381. The first-order valence-corrected chi connectivity index (χ1v) is 8.45. The second-order valence-corrected chi connectivity index (χ2v) is 8.41. The Bertz CT molecular complexity index is 782. The number of hydrazine groups is 1. The van der Waals surface area contributed by atoms with Crippen molar-refractivity contribution in [3.63, 3.8) is 0 Å². The Balaban J connectivity index is 3.02. The molecule has 0 aliphatic heterocycles. The SMILES string of the molecule is CC(C)(C)c1cc(C(=O)NN)c(-c2ccccc2)c(C(C)(C)C)c1O. The van der Waals surface area contributed by atoms with Crippen molar-refractivity contribution >= 4 is 5.91 Å². The molecule has 0 aliphatic rings. The molecule has 0 bridgehead atoms. The van der Waals surface area contributed by atoms with Crippen molar-refractivity contribution in [3.8, 4) is 16.9 Å². The number of aromatic hydroxyl groups is 1. The van der Waals surface area contributed by atoms with Gasteiger partial charge in [-0.1, -0.05) is 71.9 Å². The zero-order chi connectivity index (χ0) is 19.0. The van der Waals surface area contributed by atoms with Gasteiger partial charge >= 0.3 is 0 Å². The van der Waals surface area contributed by atoms with Crippen molar-refractivity contribution in [1.29, 1.82) is 0 Å². The van der Waals surface area contributed by atoms with Gasteiger partial charge in [0.05, 0.1) is 0 Å². The second-order valence-electron chi connectivity index (χ2n) is 8.41. The predicted molar refractivity (Wildman–Crippen MR) is 103 cm³/mol. The van der Waals surface area contributed by atoms with Gasteiger partial charge in [0.2, 0.25) is 0 Å². The van der Waals surface area contributed by atoms with Crippen molar-refractivity contribution in [2.24, 2.45) is 5.84 Å². The van der Waals surface area contributed by atoms with Crippen LogP contribution in [0.5, 0.6) is 5.75 Å². The summed E-state index contributed by atoms with van der Waals surface area (Å²) in [4.78, 5) is 12.6. The molecule has 4 N–H and O–H groups in total. The van der Waals surface area contributed by atoms with E-state index in [0.29, 0.717) is 5.56 Å². The Labute approximate surface area is 150 Å². The molecule has 0 fully saturated rings. The van der Waals surface area contributed by atoms with Gasteiger partial charge < -0.3 is 5.11 Å². The highest BCUT2D eigenvalue weighted by Crippen LogP contribution is 2.46. The summed E-state index contributed by atoms with van der Waals surface area (Å²) >= 11 is 0. The number of phenols is 1. The number of hydrogen-bond donors (Lipinski definition) is 3. The molecular formula is C21H28N2O2. The lowest BCUT2D eigenvalue weighted by atomic mass is 9.74. The molecule has 0 unspecified atom stereocenters. The Hall–Kier alpha value is -2.33. The standard InChI is InChI=1S/C21H28N2O2/c1-20(2,3)15-12-14(19(25)23-22)16(13-10-8-7-9-11-13)17(18(15)24)21(4,5)6/h7-12,24H,22H2,1-6H3,(H,23,25). The second kappa shape index (κ2) is 6.52. The molecule has 0 aromatic heterocycles. The number of rotatable bonds is 2. The molecule has 4 nitrogen and oxygen atoms in total. The summed E-state index contributed by atoms with van der Waals surface area (Å²) in [6, 6.07) is 11.4. The van der Waals surface area contributed by atoms with Crippen LogP contribution in [-0.2, 0) is 10.8 Å². The fourth-order valence-corrected chi connectivity index (χ4v) is 3.14. The minimum absolute atomic E-state index is 0.243. The van der Waals surface area contributed by atoms with Crippen molar-refractivity contribution in [3.05, 3.63) is 53.1 Å². The molecule has 0 saturated carbocycles. The number of nitrogens with one attached hydrogen (secondary N) is 1. The molecular weight excluding hydrogens is 312 g/mol. The summed E-state index contributed by atoms with van der Waals surface area (Å²) in [7, 11) is 0. The largest absolute Gasteiger partial charge is 0.507 e. The summed E-state index contributed by atoms with van der Waals surface area (Å²) in [6.07, 6.45) is 0. The van der Waals surface area contributed by atoms with Gasteiger partial charge in [-0.3, -0.25) is 10.2 Å². The monoisotopic (exact) mass is 340 g/mol. The van der Waals surface area contributed by atoms with Crippen LogP contribution in [0.15, 0.2) is 36.4 Å². The van der Waals surface area contributed by atoms with Crippen LogP contribution < -0.4 is 11.3 Å². The fourth-order valence-electron chi connectivity index (χ4n) is 3.14. The van der Waals surface area contributed by atoms with Gasteiger partial charge in [0, 0.05) is 22.3 Å². The Morgan fingerprint density at radius 3 is 2.00 bits per heavy atom. The maximum atomic E-state index is 12.6. The number of carbonyl (C=O) groups is 1. The molecule has 0 heterocycles. The van der Waals surface area contributed by atoms with E-state index < -0.39 is 0 Å². The van der Waals surface area contributed by atoms with Crippen LogP contribution in [0.2, 0.25) is 0 Å². The van der Waals surface area contributed by atoms with Crippen molar-refractivity contribution in [2.45, 2.75) is 52.4 Å². The van der Waals surface area contributed by atoms with Crippen molar-refractivity contribution in [2.75, 3.05) is 0 Å². The van der Waals surface area contributed by atoms with Crippen molar-refractivity contribution < 1.29 is 9.90 Å². The van der Waals surface area contributed by atoms with E-state index in [1.54, 1.807) is 6.07 Å². The summed E-state index contributed by atoms with van der Waals surface area (Å²) in [5.41, 5.74) is 5.13. The third-order valence-electron chi connectivity index (χ3n) is 4.30. The first-order valence-electron chi connectivity index (χ1n) is 8.45. The van der Waals surface area contributed by atoms with Gasteiger partial charge in [-0.2, -0.15) is 0 Å². The molecule has 2 aromatic carbocycles. The van der Waals surface area contributed by atoms with Gasteiger partial charge in [-0.05, 0) is 22.5 Å². The van der Waals surface area contributed by atoms with E-state index in [1.807, 2.05) is 71.9 Å². The van der Waals surface area contributed by atoms with Crippen LogP contribution in [0, 0.1) is 0 Å². The van der Waals surface area contributed by atoms with Gasteiger partial charge in [0.1, 0.15) is 5.75 Å². The van der Waals surface area contributed by atoms with E-state index in [0.717, 1.165) is 22.3 Å². The highest BCUT2D eigenvalue weighted by molar-refractivity contribution is 6.02. The van der Waals surface area contributed by atoms with Crippen molar-refractivity contribution in [1.82, 2.24) is 5.43 Å². The van der Waals surface area contributed by atoms with E-state index in [2.05, 4.69) is 5.43 Å². The molecule has 2 aromatic rings. The highest BCUT2D eigenvalue weighted by Gasteiger charge is 2.32. The minimum Gasteiger partial charge on any atom is -0.507 e. The molecule has 0 radical (unpaired) electrons. The average Bonchev–Trinajstić information content (AvgIpc) is 2.52. The van der Waals surface area contributed by atoms with E-state index in [9.17, 15) is 9.90 Å². The van der Waals surface area contributed by atoms with E-state index >= 15 is 0 Å². The lowest BCUT2D eigenvalue weighted by molar-refractivity contribution is 0.0954. The summed E-state index contributed by atoms with van der Waals surface area (Å²) in [5.74, 6) is 5.32. The van der Waals surface area contributed by atoms with Crippen LogP contribution in [-0.4, -0.2) is 11.0 Å². The minimum atomic E-state index is -0.366. The summed E-state index contributed by atoms with van der Waals surface area (Å²) < 4.78 is 0. The third-order valence-corrected chi connectivity index (χ3v) is 4.30. The third kappa shape index (κ3) is 3.69. The molecule has 0 aliphatic carbocycles. The number of carbonyl (C=O) groups excluding carboxylic acids is 1. The Kier molecular flexibility index (Phi) is 4.96. The maximum absolute atomic E-state index is 12.6. The molecule has 1 amide bonds. The molecule has 0 spiro atoms. The smallest absolute Gasteiger partial charge is 0.265 e. The lowest BCUT2D eigenvalue weighted by Gasteiger charge is -2.31.